The fourth-order valence-electron chi connectivity index (χ4n) is 0.806. The molecule has 1 heterocycles. The average molecular weight is 144 g/mol. The highest BCUT2D eigenvalue weighted by Gasteiger charge is 2.20. The van der Waals surface area contributed by atoms with Gasteiger partial charge in [-0.3, -0.25) is 0 Å². The fourth-order valence-corrected chi connectivity index (χ4v) is 0.806. The van der Waals surface area contributed by atoms with E-state index in [2.05, 4.69) is 0 Å². The zero-order valence-electron chi connectivity index (χ0n) is 5.66. The SMILES string of the molecule is NCC1=CC[C@@H](N)C(O)O1. The monoisotopic (exact) mass is 144 g/mol. The first-order valence-corrected chi connectivity index (χ1v) is 3.23. The average Bonchev–Trinajstić information content (AvgIpc) is 1.95. The minimum absolute atomic E-state index is 0.310. The number of hydrogen-bond donors (Lipinski definition) is 3. The van der Waals surface area contributed by atoms with E-state index in [1.165, 1.54) is 0 Å². The van der Waals surface area contributed by atoms with E-state index in [0.29, 0.717) is 18.7 Å². The maximum Gasteiger partial charge on any atom is 0.212 e. The van der Waals surface area contributed by atoms with E-state index in [4.69, 9.17) is 21.3 Å². The van der Waals surface area contributed by atoms with Gasteiger partial charge in [0.1, 0.15) is 5.76 Å². The molecule has 0 aromatic rings. The summed E-state index contributed by atoms with van der Waals surface area (Å²) in [6, 6.07) is -0.310. The molecule has 0 bridgehead atoms. The van der Waals surface area contributed by atoms with Crippen molar-refractivity contribution in [2.24, 2.45) is 11.5 Å². The first-order valence-electron chi connectivity index (χ1n) is 3.23. The van der Waals surface area contributed by atoms with Crippen LogP contribution in [-0.4, -0.2) is 24.0 Å². The lowest BCUT2D eigenvalue weighted by molar-refractivity contribution is -0.0890. The van der Waals surface area contributed by atoms with E-state index in [1.807, 2.05) is 0 Å². The molecule has 4 heteroatoms. The van der Waals surface area contributed by atoms with Crippen molar-refractivity contribution in [2.75, 3.05) is 6.54 Å². The van der Waals surface area contributed by atoms with Crippen molar-refractivity contribution in [3.63, 3.8) is 0 Å². The molecule has 5 N–H and O–H groups in total. The van der Waals surface area contributed by atoms with Crippen LogP contribution in [0.1, 0.15) is 6.42 Å². The van der Waals surface area contributed by atoms with Gasteiger partial charge in [0.15, 0.2) is 0 Å². The second kappa shape index (κ2) is 3.01. The van der Waals surface area contributed by atoms with Crippen LogP contribution in [-0.2, 0) is 4.74 Å². The second-order valence-corrected chi connectivity index (χ2v) is 2.28. The zero-order chi connectivity index (χ0) is 7.56. The Hall–Kier alpha value is -0.580. The van der Waals surface area contributed by atoms with E-state index >= 15 is 0 Å². The van der Waals surface area contributed by atoms with Crippen LogP contribution in [0.15, 0.2) is 11.8 Å². The van der Waals surface area contributed by atoms with Crippen molar-refractivity contribution in [1.82, 2.24) is 0 Å². The molecule has 0 amide bonds. The highest BCUT2D eigenvalue weighted by atomic mass is 16.6. The Morgan fingerprint density at radius 1 is 1.80 bits per heavy atom. The zero-order valence-corrected chi connectivity index (χ0v) is 5.66. The van der Waals surface area contributed by atoms with Crippen molar-refractivity contribution < 1.29 is 9.84 Å². The van der Waals surface area contributed by atoms with Gasteiger partial charge < -0.3 is 21.3 Å². The lowest BCUT2D eigenvalue weighted by atomic mass is 10.1. The molecule has 4 nitrogen and oxygen atoms in total. The largest absolute Gasteiger partial charge is 0.467 e. The topological polar surface area (TPSA) is 81.5 Å². The lowest BCUT2D eigenvalue weighted by Crippen LogP contribution is -2.39. The van der Waals surface area contributed by atoms with Crippen LogP contribution in [0.25, 0.3) is 0 Å². The number of nitrogens with two attached hydrogens (primary N) is 2. The molecule has 0 aromatic carbocycles. The number of ether oxygens (including phenoxy) is 1. The van der Waals surface area contributed by atoms with Gasteiger partial charge in [0.05, 0.1) is 12.6 Å². The lowest BCUT2D eigenvalue weighted by Gasteiger charge is -2.24. The molecule has 2 atom stereocenters. The van der Waals surface area contributed by atoms with Gasteiger partial charge in [0.25, 0.3) is 0 Å². The number of rotatable bonds is 1. The minimum Gasteiger partial charge on any atom is -0.467 e. The van der Waals surface area contributed by atoms with Crippen LogP contribution in [0.3, 0.4) is 0 Å². The third kappa shape index (κ3) is 1.47. The molecule has 0 saturated carbocycles. The molecule has 0 radical (unpaired) electrons. The van der Waals surface area contributed by atoms with Crippen LogP contribution in [0.5, 0.6) is 0 Å². The molecule has 0 fully saturated rings. The Bertz CT molecular complexity index is 147. The van der Waals surface area contributed by atoms with Crippen LogP contribution < -0.4 is 11.5 Å². The van der Waals surface area contributed by atoms with Crippen molar-refractivity contribution in [1.29, 1.82) is 0 Å². The fraction of sp³-hybridized carbons (Fsp3) is 0.667. The number of hydrogen-bond acceptors (Lipinski definition) is 4. The Labute approximate surface area is 59.5 Å². The van der Waals surface area contributed by atoms with Gasteiger partial charge in [-0.15, -0.1) is 0 Å². The summed E-state index contributed by atoms with van der Waals surface area (Å²) in [6.45, 7) is 0.323. The Morgan fingerprint density at radius 3 is 3.00 bits per heavy atom. The third-order valence-corrected chi connectivity index (χ3v) is 1.46. The van der Waals surface area contributed by atoms with Crippen molar-refractivity contribution >= 4 is 0 Å². The van der Waals surface area contributed by atoms with Crippen molar-refractivity contribution in [2.45, 2.75) is 18.8 Å². The van der Waals surface area contributed by atoms with Gasteiger partial charge in [-0.1, -0.05) is 0 Å². The summed E-state index contributed by atoms with van der Waals surface area (Å²) >= 11 is 0. The summed E-state index contributed by atoms with van der Waals surface area (Å²) in [4.78, 5) is 0. The molecule has 1 rings (SSSR count). The van der Waals surface area contributed by atoms with Gasteiger partial charge in [0, 0.05) is 0 Å². The maximum atomic E-state index is 9.04. The summed E-state index contributed by atoms with van der Waals surface area (Å²) < 4.78 is 4.91. The second-order valence-electron chi connectivity index (χ2n) is 2.28. The van der Waals surface area contributed by atoms with E-state index < -0.39 is 6.29 Å². The predicted octanol–water partition coefficient (Wildman–Crippen LogP) is -1.10. The van der Waals surface area contributed by atoms with E-state index in [1.54, 1.807) is 6.08 Å². The van der Waals surface area contributed by atoms with E-state index in [-0.39, 0.29) is 6.04 Å². The van der Waals surface area contributed by atoms with Gasteiger partial charge in [-0.2, -0.15) is 0 Å². The summed E-state index contributed by atoms with van der Waals surface area (Å²) in [5.41, 5.74) is 10.7. The van der Waals surface area contributed by atoms with Crippen LogP contribution in [0, 0.1) is 0 Å². The first-order chi connectivity index (χ1) is 4.74. The van der Waals surface area contributed by atoms with Crippen LogP contribution in [0.2, 0.25) is 0 Å². The van der Waals surface area contributed by atoms with Gasteiger partial charge in [0.2, 0.25) is 6.29 Å². The quantitative estimate of drug-likeness (QED) is 0.436. The molecular formula is C6H12N2O2. The molecule has 0 spiro atoms. The maximum absolute atomic E-state index is 9.04. The molecule has 58 valence electrons. The van der Waals surface area contributed by atoms with E-state index in [0.717, 1.165) is 0 Å². The summed E-state index contributed by atoms with van der Waals surface area (Å²) in [7, 11) is 0. The number of aliphatic hydroxyl groups excluding tert-OH is 1. The Balaban J connectivity index is 2.52. The van der Waals surface area contributed by atoms with E-state index in [9.17, 15) is 0 Å². The molecule has 10 heavy (non-hydrogen) atoms. The molecular weight excluding hydrogens is 132 g/mol. The third-order valence-electron chi connectivity index (χ3n) is 1.46. The molecule has 0 aromatic heterocycles. The predicted molar refractivity (Wildman–Crippen MR) is 36.8 cm³/mol. The molecule has 1 aliphatic rings. The smallest absolute Gasteiger partial charge is 0.212 e. The van der Waals surface area contributed by atoms with Crippen LogP contribution in [0.4, 0.5) is 0 Å². The minimum atomic E-state index is -0.886. The Kier molecular flexibility index (Phi) is 2.26. The molecule has 1 aliphatic heterocycles. The first kappa shape index (κ1) is 7.53. The molecule has 0 saturated heterocycles. The van der Waals surface area contributed by atoms with Crippen LogP contribution >= 0.6 is 0 Å². The van der Waals surface area contributed by atoms with Gasteiger partial charge in [-0.25, -0.2) is 0 Å². The summed E-state index contributed by atoms with van der Waals surface area (Å²) in [5, 5.41) is 9.04. The summed E-state index contributed by atoms with van der Waals surface area (Å²) in [6.07, 6.45) is 1.55. The standard InChI is InChI=1S/C6H12N2O2/c7-3-4-1-2-5(8)6(9)10-4/h1,5-6,9H,2-3,7-8H2/t5-,6?/m1/s1. The van der Waals surface area contributed by atoms with Gasteiger partial charge >= 0.3 is 0 Å². The Morgan fingerprint density at radius 2 is 2.50 bits per heavy atom. The molecule has 1 unspecified atom stereocenters. The normalized spacial score (nSPS) is 32.9. The molecule has 0 aliphatic carbocycles. The highest BCUT2D eigenvalue weighted by Crippen LogP contribution is 2.12. The highest BCUT2D eigenvalue weighted by molar-refractivity contribution is 5.01. The van der Waals surface area contributed by atoms with Gasteiger partial charge in [-0.05, 0) is 12.5 Å². The number of aliphatic hydroxyl groups is 1. The summed E-state index contributed by atoms with van der Waals surface area (Å²) in [5.74, 6) is 0.620. The van der Waals surface area contributed by atoms with Crippen molar-refractivity contribution in [3.8, 4) is 0 Å². The van der Waals surface area contributed by atoms with Crippen molar-refractivity contribution in [3.05, 3.63) is 11.8 Å².